The van der Waals surface area contributed by atoms with Gasteiger partial charge in [0.25, 0.3) is 0 Å². The first-order chi connectivity index (χ1) is 10.3. The van der Waals surface area contributed by atoms with Gasteiger partial charge in [0.05, 0.1) is 0 Å². The van der Waals surface area contributed by atoms with Crippen LogP contribution in [0.5, 0.6) is 0 Å². The van der Waals surface area contributed by atoms with Gasteiger partial charge in [-0.1, -0.05) is 57.1 Å². The van der Waals surface area contributed by atoms with Crippen molar-refractivity contribution in [3.05, 3.63) is 12.2 Å². The molecule has 0 amide bonds. The fraction of sp³-hybridized carbons (Fsp3) is 0.833. The van der Waals surface area contributed by atoms with Gasteiger partial charge in [0.1, 0.15) is 0 Å². The molecule has 0 aliphatic heterocycles. The number of allylic oxidation sites excluding steroid dienone is 2. The Labute approximate surface area is 131 Å². The number of carbonyl (C=O) groups is 1. The van der Waals surface area contributed by atoms with Gasteiger partial charge in [0.15, 0.2) is 0 Å². The maximum atomic E-state index is 10.3. The van der Waals surface area contributed by atoms with Crippen LogP contribution in [-0.4, -0.2) is 17.6 Å². The molecule has 0 aromatic carbocycles. The third-order valence-corrected chi connectivity index (χ3v) is 3.75. The summed E-state index contributed by atoms with van der Waals surface area (Å²) in [5.74, 6) is -0.669. The van der Waals surface area contributed by atoms with Crippen molar-refractivity contribution < 1.29 is 9.90 Å². The molecule has 21 heavy (non-hydrogen) atoms. The summed E-state index contributed by atoms with van der Waals surface area (Å²) in [7, 11) is 0. The molecule has 0 saturated carbocycles. The Kier molecular flexibility index (Phi) is 16.5. The first kappa shape index (κ1) is 20.2. The number of hydrogen-bond acceptors (Lipinski definition) is 2. The van der Waals surface area contributed by atoms with Crippen molar-refractivity contribution in [2.75, 3.05) is 6.54 Å². The number of hydrogen-bond donors (Lipinski definition) is 2. The summed E-state index contributed by atoms with van der Waals surface area (Å²) < 4.78 is 0. The second kappa shape index (κ2) is 17.2. The number of carboxylic acids is 1. The largest absolute Gasteiger partial charge is 0.481 e. The topological polar surface area (TPSA) is 63.3 Å². The Hall–Kier alpha value is -0.830. The summed E-state index contributed by atoms with van der Waals surface area (Å²) >= 11 is 0. The minimum Gasteiger partial charge on any atom is -0.481 e. The zero-order valence-corrected chi connectivity index (χ0v) is 13.7. The minimum absolute atomic E-state index is 0.326. The van der Waals surface area contributed by atoms with Crippen LogP contribution >= 0.6 is 0 Å². The molecular formula is C18H35NO2. The van der Waals surface area contributed by atoms with Gasteiger partial charge >= 0.3 is 5.97 Å². The van der Waals surface area contributed by atoms with E-state index in [0.717, 1.165) is 19.4 Å². The van der Waals surface area contributed by atoms with E-state index in [9.17, 15) is 4.79 Å². The lowest BCUT2D eigenvalue weighted by molar-refractivity contribution is -0.137. The van der Waals surface area contributed by atoms with E-state index in [0.29, 0.717) is 6.42 Å². The quantitative estimate of drug-likeness (QED) is 0.309. The zero-order chi connectivity index (χ0) is 15.6. The predicted molar refractivity (Wildman–Crippen MR) is 90.5 cm³/mol. The SMILES string of the molecule is NCCCCCCCC/C=C\CCCCCCCC(=O)O. The Morgan fingerprint density at radius 3 is 1.62 bits per heavy atom. The van der Waals surface area contributed by atoms with Crippen molar-refractivity contribution >= 4 is 5.97 Å². The highest BCUT2D eigenvalue weighted by atomic mass is 16.4. The molecule has 0 atom stereocenters. The highest BCUT2D eigenvalue weighted by Crippen LogP contribution is 2.09. The molecule has 0 aromatic heterocycles. The maximum Gasteiger partial charge on any atom is 0.303 e. The van der Waals surface area contributed by atoms with Crippen LogP contribution in [0.3, 0.4) is 0 Å². The lowest BCUT2D eigenvalue weighted by Gasteiger charge is -1.99. The second-order valence-corrected chi connectivity index (χ2v) is 5.87. The lowest BCUT2D eigenvalue weighted by atomic mass is 10.1. The van der Waals surface area contributed by atoms with Crippen LogP contribution in [0.4, 0.5) is 0 Å². The first-order valence-electron chi connectivity index (χ1n) is 8.84. The molecule has 0 bridgehead atoms. The van der Waals surface area contributed by atoms with Gasteiger partial charge in [-0.2, -0.15) is 0 Å². The minimum atomic E-state index is -0.669. The number of carboxylic acid groups (broad SMARTS) is 1. The summed E-state index contributed by atoms with van der Waals surface area (Å²) in [5.41, 5.74) is 5.46. The number of nitrogens with two attached hydrogens (primary N) is 1. The molecule has 0 rings (SSSR count). The zero-order valence-electron chi connectivity index (χ0n) is 13.7. The second-order valence-electron chi connectivity index (χ2n) is 5.87. The smallest absolute Gasteiger partial charge is 0.303 e. The van der Waals surface area contributed by atoms with E-state index in [1.807, 2.05) is 0 Å². The highest BCUT2D eigenvalue weighted by molar-refractivity contribution is 5.66. The van der Waals surface area contributed by atoms with E-state index in [1.165, 1.54) is 70.6 Å². The predicted octanol–water partition coefficient (Wildman–Crippen LogP) is 5.05. The van der Waals surface area contributed by atoms with Crippen LogP contribution in [0.25, 0.3) is 0 Å². The Balaban J connectivity index is 3.07. The molecule has 0 aromatic rings. The average Bonchev–Trinajstić information content (AvgIpc) is 2.46. The molecule has 3 nitrogen and oxygen atoms in total. The molecule has 0 spiro atoms. The van der Waals surface area contributed by atoms with E-state index in [1.54, 1.807) is 0 Å². The lowest BCUT2D eigenvalue weighted by Crippen LogP contribution is -1.97. The average molecular weight is 297 g/mol. The van der Waals surface area contributed by atoms with Gasteiger partial charge in [-0.3, -0.25) is 4.79 Å². The fourth-order valence-corrected chi connectivity index (χ4v) is 2.42. The monoisotopic (exact) mass is 297 g/mol. The Bertz CT molecular complexity index is 252. The standard InChI is InChI=1S/C18H35NO2/c19-17-15-13-11-9-7-5-3-1-2-4-6-8-10-12-14-16-18(20)21/h1-2H,3-17,19H2,(H,20,21)/b2-1-. The van der Waals surface area contributed by atoms with Crippen LogP contribution in [0.15, 0.2) is 12.2 Å². The summed E-state index contributed by atoms with van der Waals surface area (Å²) in [6, 6.07) is 0. The van der Waals surface area contributed by atoms with Crippen LogP contribution in [0, 0.1) is 0 Å². The van der Waals surface area contributed by atoms with E-state index >= 15 is 0 Å². The van der Waals surface area contributed by atoms with E-state index in [2.05, 4.69) is 12.2 Å². The normalized spacial score (nSPS) is 11.3. The summed E-state index contributed by atoms with van der Waals surface area (Å²) in [6.07, 6.45) is 20.7. The van der Waals surface area contributed by atoms with Crippen LogP contribution in [0.2, 0.25) is 0 Å². The molecule has 3 heteroatoms. The van der Waals surface area contributed by atoms with Crippen molar-refractivity contribution in [2.24, 2.45) is 5.73 Å². The van der Waals surface area contributed by atoms with E-state index in [-0.39, 0.29) is 0 Å². The van der Waals surface area contributed by atoms with Crippen molar-refractivity contribution in [2.45, 2.75) is 89.9 Å². The van der Waals surface area contributed by atoms with Gasteiger partial charge in [-0.25, -0.2) is 0 Å². The van der Waals surface area contributed by atoms with Crippen LogP contribution in [0.1, 0.15) is 89.9 Å². The van der Waals surface area contributed by atoms with Gasteiger partial charge in [0.2, 0.25) is 0 Å². The third kappa shape index (κ3) is 19.2. The van der Waals surface area contributed by atoms with Crippen molar-refractivity contribution in [3.8, 4) is 0 Å². The molecule has 0 unspecified atom stereocenters. The van der Waals surface area contributed by atoms with Crippen molar-refractivity contribution in [1.82, 2.24) is 0 Å². The highest BCUT2D eigenvalue weighted by Gasteiger charge is 1.95. The fourth-order valence-electron chi connectivity index (χ4n) is 2.42. The molecule has 124 valence electrons. The van der Waals surface area contributed by atoms with Gasteiger partial charge in [-0.15, -0.1) is 0 Å². The molecule has 0 fully saturated rings. The number of unbranched alkanes of at least 4 members (excludes halogenated alkanes) is 11. The molecule has 3 N–H and O–H groups in total. The number of aliphatic carboxylic acids is 1. The molecule has 0 saturated heterocycles. The molecule has 0 aliphatic rings. The number of rotatable bonds is 16. The molecule has 0 aliphatic carbocycles. The maximum absolute atomic E-state index is 10.3. The van der Waals surface area contributed by atoms with Crippen LogP contribution < -0.4 is 5.73 Å². The Morgan fingerprint density at radius 2 is 1.14 bits per heavy atom. The molecule has 0 radical (unpaired) electrons. The Morgan fingerprint density at radius 1 is 0.714 bits per heavy atom. The third-order valence-electron chi connectivity index (χ3n) is 3.75. The van der Waals surface area contributed by atoms with E-state index < -0.39 is 5.97 Å². The van der Waals surface area contributed by atoms with Crippen molar-refractivity contribution in [3.63, 3.8) is 0 Å². The summed E-state index contributed by atoms with van der Waals surface area (Å²) in [5, 5.41) is 8.51. The van der Waals surface area contributed by atoms with Gasteiger partial charge in [-0.05, 0) is 45.1 Å². The summed E-state index contributed by atoms with van der Waals surface area (Å²) in [4.78, 5) is 10.3. The van der Waals surface area contributed by atoms with Gasteiger partial charge in [0, 0.05) is 6.42 Å². The van der Waals surface area contributed by atoms with Crippen LogP contribution in [-0.2, 0) is 4.79 Å². The molecule has 0 heterocycles. The van der Waals surface area contributed by atoms with E-state index in [4.69, 9.17) is 10.8 Å². The first-order valence-corrected chi connectivity index (χ1v) is 8.84. The van der Waals surface area contributed by atoms with Gasteiger partial charge < -0.3 is 10.8 Å². The molecular weight excluding hydrogens is 262 g/mol. The van der Waals surface area contributed by atoms with Crippen molar-refractivity contribution in [1.29, 1.82) is 0 Å². The summed E-state index contributed by atoms with van der Waals surface area (Å²) in [6.45, 7) is 0.836.